The van der Waals surface area contributed by atoms with Crippen molar-refractivity contribution >= 4 is 11.6 Å². The Morgan fingerprint density at radius 2 is 1.80 bits per heavy atom. The molecule has 1 aliphatic rings. The molecular formula is C11H23ClN2O. The molecule has 0 aromatic rings. The maximum atomic E-state index is 5.54. The third-order valence-electron chi connectivity index (χ3n) is 3.21. The Bertz CT molecular complexity index is 168. The lowest BCUT2D eigenvalue weighted by Gasteiger charge is -2.42. The van der Waals surface area contributed by atoms with Crippen molar-refractivity contribution in [2.75, 3.05) is 45.8 Å². The van der Waals surface area contributed by atoms with Crippen LogP contribution < -0.4 is 0 Å². The van der Waals surface area contributed by atoms with Crippen LogP contribution in [0.5, 0.6) is 0 Å². The van der Waals surface area contributed by atoms with Gasteiger partial charge in [-0.2, -0.15) is 0 Å². The standard InChI is InChI=1S/C11H23ClN2O/c1-10-8-14(5-7-15-6-4-12)9-11(2)13(10)3/h10-11H,4-9H2,1-3H3. The Hall–Kier alpha value is 0.170. The molecule has 1 rings (SSSR count). The van der Waals surface area contributed by atoms with E-state index in [-0.39, 0.29) is 0 Å². The Labute approximate surface area is 98.3 Å². The van der Waals surface area contributed by atoms with Gasteiger partial charge in [0.1, 0.15) is 0 Å². The van der Waals surface area contributed by atoms with Gasteiger partial charge in [0.05, 0.1) is 13.2 Å². The van der Waals surface area contributed by atoms with E-state index in [9.17, 15) is 0 Å². The molecule has 0 amide bonds. The molecule has 0 saturated carbocycles. The Morgan fingerprint density at radius 1 is 1.20 bits per heavy atom. The zero-order chi connectivity index (χ0) is 11.3. The lowest BCUT2D eigenvalue weighted by molar-refractivity contribution is 0.0374. The fourth-order valence-electron chi connectivity index (χ4n) is 2.05. The molecule has 0 aliphatic carbocycles. The molecule has 0 bridgehead atoms. The number of hydrogen-bond acceptors (Lipinski definition) is 3. The van der Waals surface area contributed by atoms with Gasteiger partial charge in [-0.1, -0.05) is 0 Å². The third-order valence-corrected chi connectivity index (χ3v) is 3.36. The molecule has 90 valence electrons. The molecule has 0 aromatic heterocycles. The highest BCUT2D eigenvalue weighted by molar-refractivity contribution is 6.17. The molecule has 1 heterocycles. The van der Waals surface area contributed by atoms with E-state index in [0.29, 0.717) is 24.6 Å². The van der Waals surface area contributed by atoms with Gasteiger partial charge in [-0.25, -0.2) is 0 Å². The lowest BCUT2D eigenvalue weighted by atomic mass is 10.1. The second-order valence-electron chi connectivity index (χ2n) is 4.42. The molecule has 1 fully saturated rings. The maximum Gasteiger partial charge on any atom is 0.0602 e. The predicted molar refractivity (Wildman–Crippen MR) is 64.7 cm³/mol. The molecule has 4 heteroatoms. The first-order chi connectivity index (χ1) is 7.15. The van der Waals surface area contributed by atoms with Crippen LogP contribution >= 0.6 is 11.6 Å². The average Bonchev–Trinajstić information content (AvgIpc) is 2.21. The summed E-state index contributed by atoms with van der Waals surface area (Å²) in [4.78, 5) is 4.92. The average molecular weight is 235 g/mol. The van der Waals surface area contributed by atoms with Crippen LogP contribution in [0.25, 0.3) is 0 Å². The molecule has 0 spiro atoms. The van der Waals surface area contributed by atoms with Crippen LogP contribution in [-0.4, -0.2) is 67.7 Å². The van der Waals surface area contributed by atoms with Crippen LogP contribution in [0.2, 0.25) is 0 Å². The topological polar surface area (TPSA) is 15.7 Å². The van der Waals surface area contributed by atoms with Gasteiger partial charge in [-0.15, -0.1) is 11.6 Å². The van der Waals surface area contributed by atoms with E-state index in [1.54, 1.807) is 0 Å². The first-order valence-corrected chi connectivity index (χ1v) is 6.26. The lowest BCUT2D eigenvalue weighted by Crippen LogP contribution is -2.55. The van der Waals surface area contributed by atoms with Gasteiger partial charge in [-0.3, -0.25) is 9.80 Å². The van der Waals surface area contributed by atoms with E-state index in [4.69, 9.17) is 16.3 Å². The van der Waals surface area contributed by atoms with Crippen molar-refractivity contribution in [2.45, 2.75) is 25.9 Å². The molecule has 0 aromatic carbocycles. The van der Waals surface area contributed by atoms with Crippen LogP contribution in [0, 0.1) is 0 Å². The molecule has 0 radical (unpaired) electrons. The summed E-state index contributed by atoms with van der Waals surface area (Å²) in [6, 6.07) is 1.28. The first-order valence-electron chi connectivity index (χ1n) is 5.73. The molecule has 0 N–H and O–H groups in total. The zero-order valence-corrected chi connectivity index (χ0v) is 10.8. The molecule has 1 saturated heterocycles. The number of halogens is 1. The second kappa shape index (κ2) is 6.69. The number of nitrogens with zero attached hydrogens (tertiary/aromatic N) is 2. The summed E-state index contributed by atoms with van der Waals surface area (Å²) >= 11 is 5.54. The first kappa shape index (κ1) is 13.2. The van der Waals surface area contributed by atoms with Gasteiger partial charge in [0, 0.05) is 37.6 Å². The van der Waals surface area contributed by atoms with Crippen molar-refractivity contribution in [2.24, 2.45) is 0 Å². The van der Waals surface area contributed by atoms with Crippen molar-refractivity contribution in [1.29, 1.82) is 0 Å². The molecule has 1 aliphatic heterocycles. The van der Waals surface area contributed by atoms with E-state index in [0.717, 1.165) is 26.2 Å². The fraction of sp³-hybridized carbons (Fsp3) is 1.00. The zero-order valence-electron chi connectivity index (χ0n) is 10.1. The van der Waals surface area contributed by atoms with E-state index in [1.165, 1.54) is 0 Å². The van der Waals surface area contributed by atoms with E-state index < -0.39 is 0 Å². The minimum absolute atomic E-state index is 0.593. The quantitative estimate of drug-likeness (QED) is 0.526. The number of alkyl halides is 1. The number of likely N-dealkylation sites (N-methyl/N-ethyl adjacent to an activating group) is 1. The van der Waals surface area contributed by atoms with Crippen LogP contribution in [0.3, 0.4) is 0 Å². The van der Waals surface area contributed by atoms with E-state index in [2.05, 4.69) is 30.7 Å². The Balaban J connectivity index is 2.20. The van der Waals surface area contributed by atoms with Gasteiger partial charge in [0.15, 0.2) is 0 Å². The largest absolute Gasteiger partial charge is 0.379 e. The van der Waals surface area contributed by atoms with Crippen LogP contribution in [0.4, 0.5) is 0 Å². The van der Waals surface area contributed by atoms with Crippen molar-refractivity contribution < 1.29 is 4.74 Å². The minimum Gasteiger partial charge on any atom is -0.379 e. The normalized spacial score (nSPS) is 29.6. The Morgan fingerprint density at radius 3 is 2.33 bits per heavy atom. The van der Waals surface area contributed by atoms with Crippen molar-refractivity contribution in [3.63, 3.8) is 0 Å². The fourth-order valence-corrected chi connectivity index (χ4v) is 2.16. The summed E-state index contributed by atoms with van der Waals surface area (Å²) in [5.74, 6) is 0.593. The third kappa shape index (κ3) is 4.27. The van der Waals surface area contributed by atoms with Crippen LogP contribution in [0.15, 0.2) is 0 Å². The molecule has 2 atom stereocenters. The van der Waals surface area contributed by atoms with Crippen LogP contribution in [-0.2, 0) is 4.74 Å². The highest BCUT2D eigenvalue weighted by Crippen LogP contribution is 2.12. The second-order valence-corrected chi connectivity index (χ2v) is 4.80. The van der Waals surface area contributed by atoms with Crippen molar-refractivity contribution in [1.82, 2.24) is 9.80 Å². The SMILES string of the molecule is CC1CN(CCOCCCl)CC(C)N1C. The number of piperazine rings is 1. The van der Waals surface area contributed by atoms with E-state index >= 15 is 0 Å². The summed E-state index contributed by atoms with van der Waals surface area (Å²) in [7, 11) is 2.21. The molecule has 2 unspecified atom stereocenters. The van der Waals surface area contributed by atoms with Crippen molar-refractivity contribution in [3.8, 4) is 0 Å². The summed E-state index contributed by atoms with van der Waals surface area (Å²) in [6.07, 6.45) is 0. The van der Waals surface area contributed by atoms with Gasteiger partial charge in [0.25, 0.3) is 0 Å². The minimum atomic E-state index is 0.593. The Kier molecular flexibility index (Phi) is 5.90. The van der Waals surface area contributed by atoms with Crippen molar-refractivity contribution in [3.05, 3.63) is 0 Å². The number of ether oxygens (including phenoxy) is 1. The van der Waals surface area contributed by atoms with Gasteiger partial charge >= 0.3 is 0 Å². The van der Waals surface area contributed by atoms with Crippen LogP contribution in [0.1, 0.15) is 13.8 Å². The monoisotopic (exact) mass is 234 g/mol. The predicted octanol–water partition coefficient (Wildman–Crippen LogP) is 1.27. The summed E-state index contributed by atoms with van der Waals surface area (Å²) < 4.78 is 5.40. The summed E-state index contributed by atoms with van der Waals surface area (Å²) in [5, 5.41) is 0. The molecule has 15 heavy (non-hydrogen) atoms. The molecular weight excluding hydrogens is 212 g/mol. The maximum absolute atomic E-state index is 5.54. The van der Waals surface area contributed by atoms with Gasteiger partial charge < -0.3 is 4.74 Å². The summed E-state index contributed by atoms with van der Waals surface area (Å²) in [6.45, 7) is 9.34. The highest BCUT2D eigenvalue weighted by Gasteiger charge is 2.25. The number of rotatable bonds is 5. The highest BCUT2D eigenvalue weighted by atomic mass is 35.5. The van der Waals surface area contributed by atoms with E-state index in [1.807, 2.05) is 0 Å². The summed E-state index contributed by atoms with van der Waals surface area (Å²) in [5.41, 5.74) is 0. The number of hydrogen-bond donors (Lipinski definition) is 0. The van der Waals surface area contributed by atoms with Gasteiger partial charge in [-0.05, 0) is 20.9 Å². The smallest absolute Gasteiger partial charge is 0.0602 e. The molecule has 3 nitrogen and oxygen atoms in total. The van der Waals surface area contributed by atoms with Gasteiger partial charge in [0.2, 0.25) is 0 Å².